The Kier molecular flexibility index (Phi) is 5.15. The van der Waals surface area contributed by atoms with E-state index in [1.54, 1.807) is 18.2 Å². The van der Waals surface area contributed by atoms with Gasteiger partial charge >= 0.3 is 6.18 Å². The number of aromatic nitrogens is 2. The van der Waals surface area contributed by atoms with Gasteiger partial charge in [0.2, 0.25) is 0 Å². The van der Waals surface area contributed by atoms with Crippen molar-refractivity contribution in [2.75, 3.05) is 25.0 Å². The summed E-state index contributed by atoms with van der Waals surface area (Å²) in [5.41, 5.74) is 0.677. The van der Waals surface area contributed by atoms with Gasteiger partial charge in [-0.15, -0.1) is 10.2 Å². The number of anilines is 2. The van der Waals surface area contributed by atoms with Crippen molar-refractivity contribution in [1.29, 1.82) is 0 Å². The van der Waals surface area contributed by atoms with Crippen LogP contribution in [-0.2, 0) is 12.7 Å². The highest BCUT2D eigenvalue weighted by Gasteiger charge is 2.33. The third kappa shape index (κ3) is 3.85. The fourth-order valence-corrected chi connectivity index (χ4v) is 3.47. The molecule has 1 aromatic heterocycles. The minimum Gasteiger partial charge on any atom is -0.340 e. The van der Waals surface area contributed by atoms with Gasteiger partial charge in [0.05, 0.1) is 5.69 Å². The van der Waals surface area contributed by atoms with Crippen molar-refractivity contribution in [3.8, 4) is 11.3 Å². The van der Waals surface area contributed by atoms with Gasteiger partial charge in [-0.05, 0) is 55.6 Å². The topological polar surface area (TPSA) is 32.3 Å². The molecule has 4 rings (SSSR count). The van der Waals surface area contributed by atoms with Crippen LogP contribution in [0, 0.1) is 11.6 Å². The number of nitrogens with zero attached hydrogens (tertiary/aromatic N) is 4. The van der Waals surface area contributed by atoms with Gasteiger partial charge in [-0.25, -0.2) is 8.78 Å². The van der Waals surface area contributed by atoms with Gasteiger partial charge < -0.3 is 9.80 Å². The molecule has 0 spiro atoms. The Morgan fingerprint density at radius 2 is 1.60 bits per heavy atom. The molecular formula is C21H17F5N4. The standard InChI is InChI=1S/C21H17F5N4/c1-29-10-11-30(14-4-2-13(22)3-5-14)18-8-6-15(20(23)16(18)12-29)17-7-9-19(28-27-17)21(24,25)26/h2-9H,10-12H2,1H3. The minimum absolute atomic E-state index is 0.0172. The van der Waals surface area contributed by atoms with E-state index in [9.17, 15) is 17.6 Å². The van der Waals surface area contributed by atoms with E-state index >= 15 is 4.39 Å². The number of alkyl halides is 3. The third-order valence-electron chi connectivity index (χ3n) is 5.01. The van der Waals surface area contributed by atoms with Crippen molar-refractivity contribution >= 4 is 11.4 Å². The van der Waals surface area contributed by atoms with Crippen LogP contribution in [-0.4, -0.2) is 35.2 Å². The number of likely N-dealkylation sites (N-methyl/N-ethyl adjacent to an activating group) is 1. The fourth-order valence-electron chi connectivity index (χ4n) is 3.47. The van der Waals surface area contributed by atoms with Crippen molar-refractivity contribution in [2.24, 2.45) is 0 Å². The van der Waals surface area contributed by atoms with Crippen LogP contribution in [0.1, 0.15) is 11.3 Å². The second kappa shape index (κ2) is 7.64. The second-order valence-corrected chi connectivity index (χ2v) is 7.09. The van der Waals surface area contributed by atoms with E-state index in [-0.39, 0.29) is 17.1 Å². The molecule has 0 saturated heterocycles. The quantitative estimate of drug-likeness (QED) is 0.545. The average Bonchev–Trinajstić information content (AvgIpc) is 2.88. The summed E-state index contributed by atoms with van der Waals surface area (Å²) in [5, 5.41) is 6.76. The molecule has 0 aliphatic carbocycles. The lowest BCUT2D eigenvalue weighted by atomic mass is 10.0. The summed E-state index contributed by atoms with van der Waals surface area (Å²) >= 11 is 0. The lowest BCUT2D eigenvalue weighted by Gasteiger charge is -2.25. The molecule has 0 radical (unpaired) electrons. The summed E-state index contributed by atoms with van der Waals surface area (Å²) in [6.45, 7) is 1.51. The molecule has 9 heteroatoms. The summed E-state index contributed by atoms with van der Waals surface area (Å²) < 4.78 is 67.0. The molecule has 0 N–H and O–H groups in total. The molecule has 2 aromatic carbocycles. The van der Waals surface area contributed by atoms with Crippen LogP contribution in [0.5, 0.6) is 0 Å². The van der Waals surface area contributed by atoms with E-state index < -0.39 is 17.7 Å². The molecule has 0 fully saturated rings. The number of hydrogen-bond donors (Lipinski definition) is 0. The predicted molar refractivity (Wildman–Crippen MR) is 102 cm³/mol. The van der Waals surface area contributed by atoms with Gasteiger partial charge in [-0.1, -0.05) is 0 Å². The zero-order valence-corrected chi connectivity index (χ0v) is 15.9. The van der Waals surface area contributed by atoms with E-state index in [0.29, 0.717) is 30.9 Å². The zero-order chi connectivity index (χ0) is 21.5. The Labute approximate surface area is 169 Å². The average molecular weight is 420 g/mol. The maximum absolute atomic E-state index is 15.5. The van der Waals surface area contributed by atoms with Crippen LogP contribution in [0.2, 0.25) is 0 Å². The summed E-state index contributed by atoms with van der Waals surface area (Å²) in [7, 11) is 1.85. The van der Waals surface area contributed by atoms with Crippen LogP contribution in [0.3, 0.4) is 0 Å². The molecular weight excluding hydrogens is 403 g/mol. The van der Waals surface area contributed by atoms with Crippen LogP contribution >= 0.6 is 0 Å². The molecule has 0 unspecified atom stereocenters. The Morgan fingerprint density at radius 3 is 2.23 bits per heavy atom. The van der Waals surface area contributed by atoms with E-state index in [2.05, 4.69) is 10.2 Å². The Bertz CT molecular complexity index is 1050. The van der Waals surface area contributed by atoms with Crippen molar-refractivity contribution in [3.63, 3.8) is 0 Å². The third-order valence-corrected chi connectivity index (χ3v) is 5.01. The molecule has 2 heterocycles. The first-order chi connectivity index (χ1) is 14.2. The molecule has 0 saturated carbocycles. The van der Waals surface area contributed by atoms with Crippen LogP contribution < -0.4 is 4.90 Å². The first-order valence-electron chi connectivity index (χ1n) is 9.18. The Morgan fingerprint density at radius 1 is 0.867 bits per heavy atom. The maximum atomic E-state index is 15.5. The molecule has 1 aliphatic heterocycles. The zero-order valence-electron chi connectivity index (χ0n) is 15.9. The highest BCUT2D eigenvalue weighted by Crippen LogP contribution is 2.37. The molecule has 3 aromatic rings. The Hall–Kier alpha value is -3.07. The van der Waals surface area contributed by atoms with Crippen molar-refractivity contribution in [3.05, 3.63) is 71.4 Å². The monoisotopic (exact) mass is 420 g/mol. The van der Waals surface area contributed by atoms with Gasteiger partial charge in [-0.2, -0.15) is 13.2 Å². The van der Waals surface area contributed by atoms with Gasteiger partial charge in [0.15, 0.2) is 5.69 Å². The van der Waals surface area contributed by atoms with E-state index in [0.717, 1.165) is 17.8 Å². The normalized spacial score (nSPS) is 15.1. The van der Waals surface area contributed by atoms with Gasteiger partial charge in [0.25, 0.3) is 0 Å². The largest absolute Gasteiger partial charge is 0.435 e. The highest BCUT2D eigenvalue weighted by atomic mass is 19.4. The fraction of sp³-hybridized carbons (Fsp3) is 0.238. The second-order valence-electron chi connectivity index (χ2n) is 7.09. The number of benzene rings is 2. The lowest BCUT2D eigenvalue weighted by molar-refractivity contribution is -0.141. The molecule has 0 bridgehead atoms. The summed E-state index contributed by atoms with van der Waals surface area (Å²) in [4.78, 5) is 3.83. The van der Waals surface area contributed by atoms with Crippen LogP contribution in [0.15, 0.2) is 48.5 Å². The van der Waals surface area contributed by atoms with Crippen molar-refractivity contribution in [1.82, 2.24) is 15.1 Å². The summed E-state index contributed by atoms with van der Waals surface area (Å²) in [6.07, 6.45) is -4.61. The van der Waals surface area contributed by atoms with Gasteiger partial charge in [0.1, 0.15) is 11.6 Å². The molecule has 4 nitrogen and oxygen atoms in total. The van der Waals surface area contributed by atoms with Crippen LogP contribution in [0.4, 0.5) is 33.3 Å². The van der Waals surface area contributed by atoms with E-state index in [4.69, 9.17) is 0 Å². The number of rotatable bonds is 2. The smallest absolute Gasteiger partial charge is 0.340 e. The predicted octanol–water partition coefficient (Wildman–Crippen LogP) is 5.02. The molecule has 156 valence electrons. The Balaban J connectivity index is 1.78. The number of fused-ring (bicyclic) bond motifs is 1. The molecule has 1 aliphatic rings. The lowest BCUT2D eigenvalue weighted by Crippen LogP contribution is -2.26. The summed E-state index contributed by atoms with van der Waals surface area (Å²) in [5.74, 6) is -0.934. The van der Waals surface area contributed by atoms with Crippen LogP contribution in [0.25, 0.3) is 11.3 Å². The van der Waals surface area contributed by atoms with E-state index in [1.807, 2.05) is 16.8 Å². The minimum atomic E-state index is -4.61. The first-order valence-corrected chi connectivity index (χ1v) is 9.18. The number of halogens is 5. The highest BCUT2D eigenvalue weighted by molar-refractivity contribution is 5.72. The SMILES string of the molecule is CN1CCN(c2ccc(F)cc2)c2ccc(-c3ccc(C(F)(F)F)nn3)c(F)c2C1. The summed E-state index contributed by atoms with van der Waals surface area (Å²) in [6, 6.07) is 11.0. The van der Waals surface area contributed by atoms with Gasteiger partial charge in [0, 0.05) is 42.1 Å². The van der Waals surface area contributed by atoms with Gasteiger partial charge in [-0.3, -0.25) is 0 Å². The van der Waals surface area contributed by atoms with E-state index in [1.165, 1.54) is 18.2 Å². The van der Waals surface area contributed by atoms with Crippen molar-refractivity contribution < 1.29 is 22.0 Å². The van der Waals surface area contributed by atoms with Crippen molar-refractivity contribution in [2.45, 2.75) is 12.7 Å². The number of hydrogen-bond acceptors (Lipinski definition) is 4. The molecule has 0 amide bonds. The molecule has 0 atom stereocenters. The maximum Gasteiger partial charge on any atom is 0.435 e. The first kappa shape index (κ1) is 20.2. The molecule has 30 heavy (non-hydrogen) atoms.